The third-order valence-corrected chi connectivity index (χ3v) is 2.97. The van der Waals surface area contributed by atoms with Crippen molar-refractivity contribution < 1.29 is 14.7 Å². The van der Waals surface area contributed by atoms with Crippen LogP contribution < -0.4 is 11.1 Å². The summed E-state index contributed by atoms with van der Waals surface area (Å²) in [6, 6.07) is 4.64. The van der Waals surface area contributed by atoms with E-state index < -0.39 is 11.5 Å². The highest BCUT2D eigenvalue weighted by Gasteiger charge is 2.26. The van der Waals surface area contributed by atoms with Gasteiger partial charge in [0.15, 0.2) is 0 Å². The second-order valence-corrected chi connectivity index (χ2v) is 4.56. The topological polar surface area (TPSA) is 92.4 Å². The van der Waals surface area contributed by atoms with Gasteiger partial charge in [-0.2, -0.15) is 0 Å². The zero-order chi connectivity index (χ0) is 13.9. The lowest BCUT2D eigenvalue weighted by molar-refractivity contribution is -0.120. The standard InChI is InChI=1S/C13H18N2O3/c1-4-13(3,14)12(18)15-9-5-6-10(11(16)17)8(2)7-9/h5-7H,4,14H2,1-3H3,(H,15,18)(H,16,17). The Balaban J connectivity index is 2.91. The van der Waals surface area contributed by atoms with Crippen molar-refractivity contribution in [3.05, 3.63) is 29.3 Å². The minimum Gasteiger partial charge on any atom is -0.478 e. The molecular formula is C13H18N2O3. The summed E-state index contributed by atoms with van der Waals surface area (Å²) in [6.45, 7) is 5.17. The number of aryl methyl sites for hydroxylation is 1. The molecule has 0 radical (unpaired) electrons. The van der Waals surface area contributed by atoms with Gasteiger partial charge in [-0.3, -0.25) is 4.79 Å². The molecule has 0 heterocycles. The van der Waals surface area contributed by atoms with E-state index in [1.165, 1.54) is 6.07 Å². The van der Waals surface area contributed by atoms with E-state index in [0.717, 1.165) is 0 Å². The maximum atomic E-state index is 11.8. The number of nitrogens with two attached hydrogens (primary N) is 1. The molecule has 0 aliphatic rings. The van der Waals surface area contributed by atoms with E-state index in [1.54, 1.807) is 26.0 Å². The van der Waals surface area contributed by atoms with Crippen molar-refractivity contribution in [1.82, 2.24) is 0 Å². The molecule has 0 spiro atoms. The van der Waals surface area contributed by atoms with Crippen LogP contribution in [0.5, 0.6) is 0 Å². The van der Waals surface area contributed by atoms with Crippen LogP contribution in [0.4, 0.5) is 5.69 Å². The largest absolute Gasteiger partial charge is 0.478 e. The second kappa shape index (κ2) is 5.18. The van der Waals surface area contributed by atoms with Crippen LogP contribution in [0.2, 0.25) is 0 Å². The van der Waals surface area contributed by atoms with Crippen LogP contribution in [0, 0.1) is 6.92 Å². The molecule has 1 amide bonds. The SMILES string of the molecule is CCC(C)(N)C(=O)Nc1ccc(C(=O)O)c(C)c1. The Bertz CT molecular complexity index is 481. The van der Waals surface area contributed by atoms with Gasteiger partial charge in [0.05, 0.1) is 11.1 Å². The number of nitrogens with one attached hydrogen (secondary N) is 1. The molecular weight excluding hydrogens is 232 g/mol. The minimum atomic E-state index is -0.984. The molecule has 0 aromatic heterocycles. The van der Waals surface area contributed by atoms with E-state index in [-0.39, 0.29) is 11.5 Å². The fourth-order valence-corrected chi connectivity index (χ4v) is 1.42. The molecule has 18 heavy (non-hydrogen) atoms. The Morgan fingerprint density at radius 1 is 1.44 bits per heavy atom. The third-order valence-electron chi connectivity index (χ3n) is 2.97. The first-order chi connectivity index (χ1) is 8.27. The van der Waals surface area contributed by atoms with Crippen molar-refractivity contribution in [3.8, 4) is 0 Å². The summed E-state index contributed by atoms with van der Waals surface area (Å²) in [6.07, 6.45) is 0.519. The summed E-state index contributed by atoms with van der Waals surface area (Å²) in [5.41, 5.74) is 6.25. The summed E-state index contributed by atoms with van der Waals surface area (Å²) in [4.78, 5) is 22.7. The van der Waals surface area contributed by atoms with Crippen LogP contribution in [-0.2, 0) is 4.79 Å². The Morgan fingerprint density at radius 3 is 2.50 bits per heavy atom. The Hall–Kier alpha value is -1.88. The van der Waals surface area contributed by atoms with Crippen molar-refractivity contribution in [2.45, 2.75) is 32.7 Å². The normalized spacial score (nSPS) is 13.8. The number of carbonyl (C=O) groups excluding carboxylic acids is 1. The molecule has 0 saturated carbocycles. The molecule has 0 aliphatic carbocycles. The van der Waals surface area contributed by atoms with Gasteiger partial charge in [-0.05, 0) is 44.0 Å². The Kier molecular flexibility index (Phi) is 4.08. The van der Waals surface area contributed by atoms with Gasteiger partial charge in [0.2, 0.25) is 5.91 Å². The van der Waals surface area contributed by atoms with Gasteiger partial charge in [0.25, 0.3) is 0 Å². The Labute approximate surface area is 106 Å². The predicted octanol–water partition coefficient (Wildman–Crippen LogP) is 1.76. The maximum Gasteiger partial charge on any atom is 0.335 e. The number of amides is 1. The molecule has 0 aliphatic heterocycles. The molecule has 1 rings (SSSR count). The highest BCUT2D eigenvalue weighted by molar-refractivity contribution is 5.98. The number of carboxylic acids is 1. The highest BCUT2D eigenvalue weighted by Crippen LogP contribution is 2.17. The minimum absolute atomic E-state index is 0.221. The zero-order valence-electron chi connectivity index (χ0n) is 10.8. The average molecular weight is 250 g/mol. The van der Waals surface area contributed by atoms with Gasteiger partial charge >= 0.3 is 5.97 Å². The molecule has 1 unspecified atom stereocenters. The first-order valence-electron chi connectivity index (χ1n) is 5.72. The van der Waals surface area contributed by atoms with Crippen LogP contribution in [0.25, 0.3) is 0 Å². The van der Waals surface area contributed by atoms with Crippen LogP contribution >= 0.6 is 0 Å². The number of carbonyl (C=O) groups is 2. The highest BCUT2D eigenvalue weighted by atomic mass is 16.4. The van der Waals surface area contributed by atoms with Crippen molar-refractivity contribution in [1.29, 1.82) is 0 Å². The van der Waals surface area contributed by atoms with E-state index in [2.05, 4.69) is 5.32 Å². The maximum absolute atomic E-state index is 11.8. The molecule has 98 valence electrons. The molecule has 0 fully saturated rings. The van der Waals surface area contributed by atoms with Crippen molar-refractivity contribution in [2.24, 2.45) is 5.73 Å². The van der Waals surface area contributed by atoms with Crippen LogP contribution in [0.3, 0.4) is 0 Å². The van der Waals surface area contributed by atoms with Gasteiger partial charge in [0.1, 0.15) is 0 Å². The van der Waals surface area contributed by atoms with E-state index >= 15 is 0 Å². The summed E-state index contributed by atoms with van der Waals surface area (Å²) in [5.74, 6) is -1.27. The second-order valence-electron chi connectivity index (χ2n) is 4.56. The van der Waals surface area contributed by atoms with Gasteiger partial charge in [-0.25, -0.2) is 4.79 Å². The zero-order valence-corrected chi connectivity index (χ0v) is 10.8. The summed E-state index contributed by atoms with van der Waals surface area (Å²) < 4.78 is 0. The molecule has 1 aromatic carbocycles. The molecule has 0 bridgehead atoms. The van der Waals surface area contributed by atoms with E-state index in [9.17, 15) is 9.59 Å². The van der Waals surface area contributed by atoms with Crippen molar-refractivity contribution in [3.63, 3.8) is 0 Å². The van der Waals surface area contributed by atoms with Crippen LogP contribution in [-0.4, -0.2) is 22.5 Å². The number of benzene rings is 1. The molecule has 1 atom stereocenters. The van der Waals surface area contributed by atoms with Crippen molar-refractivity contribution in [2.75, 3.05) is 5.32 Å². The lowest BCUT2D eigenvalue weighted by atomic mass is 9.99. The third kappa shape index (κ3) is 3.07. The average Bonchev–Trinajstić information content (AvgIpc) is 2.28. The van der Waals surface area contributed by atoms with Crippen LogP contribution in [0.15, 0.2) is 18.2 Å². The Morgan fingerprint density at radius 2 is 2.06 bits per heavy atom. The fourth-order valence-electron chi connectivity index (χ4n) is 1.42. The summed E-state index contributed by atoms with van der Waals surface area (Å²) in [5, 5.41) is 11.6. The van der Waals surface area contributed by atoms with E-state index in [1.807, 2.05) is 6.92 Å². The fraction of sp³-hybridized carbons (Fsp3) is 0.385. The van der Waals surface area contributed by atoms with E-state index in [4.69, 9.17) is 10.8 Å². The molecule has 1 aromatic rings. The monoisotopic (exact) mass is 250 g/mol. The number of rotatable bonds is 4. The first-order valence-corrected chi connectivity index (χ1v) is 5.72. The smallest absolute Gasteiger partial charge is 0.335 e. The number of anilines is 1. The van der Waals surface area contributed by atoms with Gasteiger partial charge < -0.3 is 16.2 Å². The van der Waals surface area contributed by atoms with Crippen molar-refractivity contribution >= 4 is 17.6 Å². The number of aromatic carboxylic acids is 1. The lowest BCUT2D eigenvalue weighted by Gasteiger charge is -2.21. The number of hydrogen-bond donors (Lipinski definition) is 3. The van der Waals surface area contributed by atoms with Crippen LogP contribution in [0.1, 0.15) is 36.2 Å². The summed E-state index contributed by atoms with van der Waals surface area (Å²) in [7, 11) is 0. The summed E-state index contributed by atoms with van der Waals surface area (Å²) >= 11 is 0. The first kappa shape index (κ1) is 14.2. The number of carboxylic acid groups (broad SMARTS) is 1. The van der Waals surface area contributed by atoms with Gasteiger partial charge in [-0.1, -0.05) is 6.92 Å². The lowest BCUT2D eigenvalue weighted by Crippen LogP contribution is -2.47. The molecule has 0 saturated heterocycles. The predicted molar refractivity (Wildman–Crippen MR) is 69.7 cm³/mol. The number of hydrogen-bond acceptors (Lipinski definition) is 3. The molecule has 5 nitrogen and oxygen atoms in total. The molecule has 4 N–H and O–H groups in total. The van der Waals surface area contributed by atoms with Gasteiger partial charge in [0, 0.05) is 5.69 Å². The van der Waals surface area contributed by atoms with Gasteiger partial charge in [-0.15, -0.1) is 0 Å². The van der Waals surface area contributed by atoms with E-state index in [0.29, 0.717) is 17.7 Å². The quantitative estimate of drug-likeness (QED) is 0.759. The molecule has 5 heteroatoms.